The number of para-hydroxylation sites is 2. The molecular formula is C24H22N2O3S. The zero-order valence-electron chi connectivity index (χ0n) is 16.6. The SMILES string of the molecule is CCN1C(=O)c2cc(NC(=O)CCSc3ccccc3)ccc2Oc2ccccc21. The van der Waals surface area contributed by atoms with Gasteiger partial charge in [-0.25, -0.2) is 0 Å². The molecular weight excluding hydrogens is 396 g/mol. The fraction of sp³-hybridized carbons (Fsp3) is 0.167. The van der Waals surface area contributed by atoms with E-state index in [1.54, 1.807) is 34.9 Å². The van der Waals surface area contributed by atoms with E-state index in [2.05, 4.69) is 5.32 Å². The maximum absolute atomic E-state index is 13.1. The fourth-order valence-electron chi connectivity index (χ4n) is 3.32. The van der Waals surface area contributed by atoms with E-state index in [-0.39, 0.29) is 11.8 Å². The molecule has 0 aliphatic carbocycles. The van der Waals surface area contributed by atoms with Crippen LogP contribution < -0.4 is 15.0 Å². The van der Waals surface area contributed by atoms with Gasteiger partial charge in [0.1, 0.15) is 5.75 Å². The molecule has 0 bridgehead atoms. The number of anilines is 2. The smallest absolute Gasteiger partial charge is 0.262 e. The molecule has 2 amide bonds. The van der Waals surface area contributed by atoms with Crippen LogP contribution in [0, 0.1) is 0 Å². The molecule has 152 valence electrons. The van der Waals surface area contributed by atoms with Crippen molar-refractivity contribution in [2.75, 3.05) is 22.5 Å². The molecule has 0 spiro atoms. The van der Waals surface area contributed by atoms with Gasteiger partial charge in [0.15, 0.2) is 5.75 Å². The van der Waals surface area contributed by atoms with Crippen LogP contribution >= 0.6 is 11.8 Å². The molecule has 3 aromatic carbocycles. The largest absolute Gasteiger partial charge is 0.454 e. The van der Waals surface area contributed by atoms with Crippen LogP contribution in [0.15, 0.2) is 77.7 Å². The monoisotopic (exact) mass is 418 g/mol. The summed E-state index contributed by atoms with van der Waals surface area (Å²) in [5.41, 5.74) is 1.76. The molecule has 3 aromatic rings. The summed E-state index contributed by atoms with van der Waals surface area (Å²) in [6.07, 6.45) is 0.383. The van der Waals surface area contributed by atoms with Crippen molar-refractivity contribution in [1.82, 2.24) is 0 Å². The van der Waals surface area contributed by atoms with Crippen molar-refractivity contribution in [3.05, 3.63) is 78.4 Å². The van der Waals surface area contributed by atoms with E-state index < -0.39 is 0 Å². The lowest BCUT2D eigenvalue weighted by atomic mass is 10.1. The summed E-state index contributed by atoms with van der Waals surface area (Å²) < 4.78 is 6.00. The average Bonchev–Trinajstić information content (AvgIpc) is 2.88. The van der Waals surface area contributed by atoms with Crippen molar-refractivity contribution in [2.24, 2.45) is 0 Å². The first-order valence-electron chi connectivity index (χ1n) is 9.86. The van der Waals surface area contributed by atoms with Crippen LogP contribution in [0.1, 0.15) is 23.7 Å². The predicted molar refractivity (Wildman–Crippen MR) is 121 cm³/mol. The molecule has 0 fully saturated rings. The Morgan fingerprint density at radius 1 is 1.00 bits per heavy atom. The normalized spacial score (nSPS) is 12.4. The van der Waals surface area contributed by atoms with E-state index in [9.17, 15) is 9.59 Å². The molecule has 0 unspecified atom stereocenters. The summed E-state index contributed by atoms with van der Waals surface area (Å²) in [7, 11) is 0. The number of hydrogen-bond acceptors (Lipinski definition) is 4. The number of nitrogens with zero attached hydrogens (tertiary/aromatic N) is 1. The van der Waals surface area contributed by atoms with Crippen LogP contribution in [0.4, 0.5) is 11.4 Å². The standard InChI is InChI=1S/C24H22N2O3S/c1-2-26-20-10-6-7-11-22(20)29-21-13-12-17(16-19(21)24(26)28)25-23(27)14-15-30-18-8-4-3-5-9-18/h3-13,16H,2,14-15H2,1H3,(H,25,27). The van der Waals surface area contributed by atoms with E-state index in [0.717, 1.165) is 10.6 Å². The van der Waals surface area contributed by atoms with Gasteiger partial charge in [-0.3, -0.25) is 9.59 Å². The summed E-state index contributed by atoms with van der Waals surface area (Å²) in [6, 6.07) is 22.6. The van der Waals surface area contributed by atoms with E-state index in [1.807, 2.05) is 61.5 Å². The van der Waals surface area contributed by atoms with Gasteiger partial charge in [-0.05, 0) is 49.4 Å². The summed E-state index contributed by atoms with van der Waals surface area (Å²) >= 11 is 1.64. The average molecular weight is 419 g/mol. The van der Waals surface area contributed by atoms with Gasteiger partial charge in [-0.2, -0.15) is 0 Å². The second-order valence-corrected chi connectivity index (χ2v) is 7.96. The lowest BCUT2D eigenvalue weighted by Gasteiger charge is -2.19. The minimum absolute atomic E-state index is 0.0870. The Morgan fingerprint density at radius 3 is 2.57 bits per heavy atom. The number of carbonyl (C=O) groups is 2. The molecule has 4 rings (SSSR count). The van der Waals surface area contributed by atoms with E-state index in [1.165, 1.54) is 0 Å². The lowest BCUT2D eigenvalue weighted by Crippen LogP contribution is -2.29. The number of carbonyl (C=O) groups excluding carboxylic acids is 2. The number of benzene rings is 3. The maximum atomic E-state index is 13.1. The van der Waals surface area contributed by atoms with Crippen LogP contribution in [0.25, 0.3) is 0 Å². The predicted octanol–water partition coefficient (Wildman–Crippen LogP) is 5.58. The molecule has 1 N–H and O–H groups in total. The quantitative estimate of drug-likeness (QED) is 0.531. The molecule has 6 heteroatoms. The number of rotatable bonds is 6. The third-order valence-electron chi connectivity index (χ3n) is 4.77. The van der Waals surface area contributed by atoms with Crippen molar-refractivity contribution in [3.63, 3.8) is 0 Å². The molecule has 1 aliphatic heterocycles. The number of hydrogen-bond donors (Lipinski definition) is 1. The highest BCUT2D eigenvalue weighted by atomic mass is 32.2. The van der Waals surface area contributed by atoms with Crippen molar-refractivity contribution >= 4 is 35.0 Å². The molecule has 5 nitrogen and oxygen atoms in total. The molecule has 1 aliphatic rings. The third-order valence-corrected chi connectivity index (χ3v) is 5.79. The second-order valence-electron chi connectivity index (χ2n) is 6.79. The molecule has 0 saturated carbocycles. The van der Waals surface area contributed by atoms with Gasteiger partial charge < -0.3 is 15.0 Å². The Kier molecular flexibility index (Phi) is 6.05. The Labute approximate surface area is 180 Å². The molecule has 0 atom stereocenters. The number of nitrogens with one attached hydrogen (secondary N) is 1. The zero-order valence-corrected chi connectivity index (χ0v) is 17.4. The summed E-state index contributed by atoms with van der Waals surface area (Å²) in [5, 5.41) is 2.89. The number of thioether (sulfide) groups is 1. The first-order chi connectivity index (χ1) is 14.7. The highest BCUT2D eigenvalue weighted by Gasteiger charge is 2.27. The minimum Gasteiger partial charge on any atom is -0.454 e. The van der Waals surface area contributed by atoms with Crippen LogP contribution in [0.5, 0.6) is 11.5 Å². The van der Waals surface area contributed by atoms with Gasteiger partial charge in [-0.15, -0.1) is 11.8 Å². The summed E-state index contributed by atoms with van der Waals surface area (Å²) in [6.45, 7) is 2.45. The number of amides is 2. The van der Waals surface area contributed by atoms with Gasteiger partial charge in [0.05, 0.1) is 11.3 Å². The third kappa shape index (κ3) is 4.33. The minimum atomic E-state index is -0.145. The van der Waals surface area contributed by atoms with Crippen LogP contribution in [-0.2, 0) is 4.79 Å². The van der Waals surface area contributed by atoms with E-state index in [4.69, 9.17) is 4.74 Å². The van der Waals surface area contributed by atoms with Crippen molar-refractivity contribution in [2.45, 2.75) is 18.2 Å². The fourth-order valence-corrected chi connectivity index (χ4v) is 4.19. The Bertz CT molecular complexity index is 1070. The summed E-state index contributed by atoms with van der Waals surface area (Å²) in [4.78, 5) is 28.3. The van der Waals surface area contributed by atoms with Crippen molar-refractivity contribution in [3.8, 4) is 11.5 Å². The van der Waals surface area contributed by atoms with Crippen LogP contribution in [-0.4, -0.2) is 24.1 Å². The highest BCUT2D eigenvalue weighted by molar-refractivity contribution is 7.99. The first-order valence-corrected chi connectivity index (χ1v) is 10.8. The van der Waals surface area contributed by atoms with Crippen LogP contribution in [0.3, 0.4) is 0 Å². The van der Waals surface area contributed by atoms with E-state index in [0.29, 0.717) is 41.5 Å². The highest BCUT2D eigenvalue weighted by Crippen LogP contribution is 2.39. The zero-order chi connectivity index (χ0) is 20.9. The van der Waals surface area contributed by atoms with Crippen LogP contribution in [0.2, 0.25) is 0 Å². The van der Waals surface area contributed by atoms with Gasteiger partial charge in [0, 0.05) is 29.3 Å². The summed E-state index contributed by atoms with van der Waals surface area (Å²) in [5.74, 6) is 1.58. The lowest BCUT2D eigenvalue weighted by molar-refractivity contribution is -0.115. The maximum Gasteiger partial charge on any atom is 0.262 e. The molecule has 30 heavy (non-hydrogen) atoms. The van der Waals surface area contributed by atoms with Gasteiger partial charge in [-0.1, -0.05) is 30.3 Å². The topological polar surface area (TPSA) is 58.6 Å². The number of fused-ring (bicyclic) bond motifs is 2. The Hall–Kier alpha value is -3.25. The number of ether oxygens (including phenoxy) is 1. The van der Waals surface area contributed by atoms with Crippen molar-refractivity contribution < 1.29 is 14.3 Å². The first kappa shape index (κ1) is 20.0. The van der Waals surface area contributed by atoms with Crippen molar-refractivity contribution in [1.29, 1.82) is 0 Å². The van der Waals surface area contributed by atoms with Gasteiger partial charge >= 0.3 is 0 Å². The Morgan fingerprint density at radius 2 is 1.77 bits per heavy atom. The molecule has 0 aromatic heterocycles. The van der Waals surface area contributed by atoms with Gasteiger partial charge in [0.25, 0.3) is 5.91 Å². The van der Waals surface area contributed by atoms with E-state index >= 15 is 0 Å². The van der Waals surface area contributed by atoms with Gasteiger partial charge in [0.2, 0.25) is 5.91 Å². The second kappa shape index (κ2) is 9.05. The molecule has 1 heterocycles. The Balaban J connectivity index is 1.47. The molecule has 0 radical (unpaired) electrons. The molecule has 0 saturated heterocycles.